The quantitative estimate of drug-likeness (QED) is 0.796. The van der Waals surface area contributed by atoms with Crippen LogP contribution in [-0.2, 0) is 11.2 Å². The molecule has 0 bridgehead atoms. The minimum atomic E-state index is 0.384. The molecule has 1 aromatic carbocycles. The molecule has 0 spiro atoms. The summed E-state index contributed by atoms with van der Waals surface area (Å²) < 4.78 is 11.0. The van der Waals surface area contributed by atoms with Crippen LogP contribution in [0.2, 0.25) is 0 Å². The number of hydrogen-bond acceptors (Lipinski definition) is 3. The van der Waals surface area contributed by atoms with Gasteiger partial charge in [-0.05, 0) is 56.8 Å². The Morgan fingerprint density at radius 3 is 2.67 bits per heavy atom. The van der Waals surface area contributed by atoms with E-state index in [-0.39, 0.29) is 0 Å². The highest BCUT2D eigenvalue weighted by molar-refractivity contribution is 5.27. The zero-order valence-corrected chi connectivity index (χ0v) is 13.6. The van der Waals surface area contributed by atoms with Crippen molar-refractivity contribution in [3.63, 3.8) is 0 Å². The molecule has 0 radical (unpaired) electrons. The van der Waals surface area contributed by atoms with E-state index in [1.54, 1.807) is 7.11 Å². The number of benzene rings is 1. The van der Waals surface area contributed by atoms with Gasteiger partial charge in [-0.2, -0.15) is 0 Å². The van der Waals surface area contributed by atoms with Gasteiger partial charge in [0.05, 0.1) is 13.2 Å². The van der Waals surface area contributed by atoms with E-state index in [0.717, 1.165) is 25.3 Å². The molecule has 3 nitrogen and oxygen atoms in total. The summed E-state index contributed by atoms with van der Waals surface area (Å²) >= 11 is 0. The van der Waals surface area contributed by atoms with E-state index in [9.17, 15) is 0 Å². The van der Waals surface area contributed by atoms with Crippen LogP contribution in [0.5, 0.6) is 5.75 Å². The van der Waals surface area contributed by atoms with Gasteiger partial charge in [0.1, 0.15) is 5.75 Å². The molecule has 1 aromatic rings. The lowest BCUT2D eigenvalue weighted by molar-refractivity contribution is 0.0943. The molecule has 3 atom stereocenters. The van der Waals surface area contributed by atoms with E-state index in [0.29, 0.717) is 18.1 Å². The molecule has 21 heavy (non-hydrogen) atoms. The minimum absolute atomic E-state index is 0.384. The third-order valence-corrected chi connectivity index (χ3v) is 4.51. The predicted octanol–water partition coefficient (Wildman–Crippen LogP) is 3.42. The lowest BCUT2D eigenvalue weighted by Crippen LogP contribution is -2.40. The van der Waals surface area contributed by atoms with E-state index in [2.05, 4.69) is 31.3 Å². The van der Waals surface area contributed by atoms with Crippen LogP contribution < -0.4 is 10.1 Å². The van der Waals surface area contributed by atoms with E-state index in [1.807, 2.05) is 12.1 Å². The summed E-state index contributed by atoms with van der Waals surface area (Å²) in [4.78, 5) is 0. The SMILES string of the molecule is CCCNC(CCc1ccc(OC)cc1)C1CCOC1C. The third kappa shape index (κ3) is 4.72. The van der Waals surface area contributed by atoms with Crippen molar-refractivity contribution >= 4 is 0 Å². The van der Waals surface area contributed by atoms with E-state index < -0.39 is 0 Å². The largest absolute Gasteiger partial charge is 0.497 e. The molecule has 1 saturated heterocycles. The Hall–Kier alpha value is -1.06. The second kappa shape index (κ2) is 8.40. The van der Waals surface area contributed by atoms with E-state index in [4.69, 9.17) is 9.47 Å². The number of ether oxygens (including phenoxy) is 2. The highest BCUT2D eigenvalue weighted by Gasteiger charge is 2.31. The molecule has 1 fully saturated rings. The summed E-state index contributed by atoms with van der Waals surface area (Å²) in [6.07, 6.45) is 5.03. The zero-order chi connectivity index (χ0) is 15.1. The third-order valence-electron chi connectivity index (χ3n) is 4.51. The minimum Gasteiger partial charge on any atom is -0.497 e. The van der Waals surface area contributed by atoms with Crippen LogP contribution in [0, 0.1) is 5.92 Å². The molecule has 1 aliphatic rings. The topological polar surface area (TPSA) is 30.5 Å². The molecule has 0 amide bonds. The van der Waals surface area contributed by atoms with Crippen LogP contribution in [0.25, 0.3) is 0 Å². The van der Waals surface area contributed by atoms with Gasteiger partial charge in [0, 0.05) is 18.6 Å². The molecular formula is C18H29NO2. The lowest BCUT2D eigenvalue weighted by atomic mass is 9.89. The second-order valence-corrected chi connectivity index (χ2v) is 5.98. The number of rotatable bonds is 8. The lowest BCUT2D eigenvalue weighted by Gasteiger charge is -2.27. The van der Waals surface area contributed by atoms with Gasteiger partial charge in [0.25, 0.3) is 0 Å². The Balaban J connectivity index is 1.90. The molecule has 1 aliphatic heterocycles. The van der Waals surface area contributed by atoms with Crippen molar-refractivity contribution in [2.75, 3.05) is 20.3 Å². The number of nitrogens with one attached hydrogen (secondary N) is 1. The molecule has 0 aliphatic carbocycles. The Morgan fingerprint density at radius 1 is 1.33 bits per heavy atom. The van der Waals surface area contributed by atoms with E-state index in [1.165, 1.54) is 24.8 Å². The average Bonchev–Trinajstić information content (AvgIpc) is 2.94. The summed E-state index contributed by atoms with van der Waals surface area (Å²) in [5.41, 5.74) is 1.38. The van der Waals surface area contributed by atoms with Crippen molar-refractivity contribution in [1.29, 1.82) is 0 Å². The Labute approximate surface area is 129 Å². The Morgan fingerprint density at radius 2 is 2.10 bits per heavy atom. The molecule has 0 aromatic heterocycles. The molecule has 3 unspecified atom stereocenters. The first-order valence-corrected chi connectivity index (χ1v) is 8.22. The van der Waals surface area contributed by atoms with Crippen LogP contribution in [0.15, 0.2) is 24.3 Å². The van der Waals surface area contributed by atoms with Gasteiger partial charge in [-0.15, -0.1) is 0 Å². The van der Waals surface area contributed by atoms with Crippen LogP contribution in [0.4, 0.5) is 0 Å². The van der Waals surface area contributed by atoms with Crippen molar-refractivity contribution in [2.45, 2.75) is 51.7 Å². The molecule has 3 heteroatoms. The summed E-state index contributed by atoms with van der Waals surface area (Å²) in [5.74, 6) is 1.58. The maximum absolute atomic E-state index is 5.75. The van der Waals surface area contributed by atoms with Crippen molar-refractivity contribution in [3.05, 3.63) is 29.8 Å². The smallest absolute Gasteiger partial charge is 0.118 e. The second-order valence-electron chi connectivity index (χ2n) is 5.98. The fourth-order valence-corrected chi connectivity index (χ4v) is 3.19. The molecule has 118 valence electrons. The fraction of sp³-hybridized carbons (Fsp3) is 0.667. The summed E-state index contributed by atoms with van der Waals surface area (Å²) in [5, 5.41) is 3.73. The van der Waals surface area contributed by atoms with Gasteiger partial charge in [-0.3, -0.25) is 0 Å². The van der Waals surface area contributed by atoms with Gasteiger partial charge in [0.2, 0.25) is 0 Å². The van der Waals surface area contributed by atoms with Gasteiger partial charge < -0.3 is 14.8 Å². The first-order valence-electron chi connectivity index (χ1n) is 8.22. The standard InChI is InChI=1S/C18H29NO2/c1-4-12-19-18(17-11-13-21-14(17)2)10-7-15-5-8-16(20-3)9-6-15/h5-6,8-9,14,17-19H,4,7,10-13H2,1-3H3. The molecule has 2 rings (SSSR count). The van der Waals surface area contributed by atoms with Crippen molar-refractivity contribution in [2.24, 2.45) is 5.92 Å². The Bertz CT molecular complexity index is 404. The maximum atomic E-state index is 5.75. The Kier molecular flexibility index (Phi) is 6.52. The molecule has 1 heterocycles. The van der Waals surface area contributed by atoms with Crippen LogP contribution in [0.1, 0.15) is 38.7 Å². The highest BCUT2D eigenvalue weighted by Crippen LogP contribution is 2.26. The van der Waals surface area contributed by atoms with E-state index >= 15 is 0 Å². The summed E-state index contributed by atoms with van der Waals surface area (Å²) in [6, 6.07) is 9.00. The first-order chi connectivity index (χ1) is 10.2. The van der Waals surface area contributed by atoms with Crippen LogP contribution >= 0.6 is 0 Å². The van der Waals surface area contributed by atoms with Gasteiger partial charge in [0.15, 0.2) is 0 Å². The normalized spacial score (nSPS) is 23.2. The molecular weight excluding hydrogens is 262 g/mol. The van der Waals surface area contributed by atoms with Gasteiger partial charge >= 0.3 is 0 Å². The number of aryl methyl sites for hydroxylation is 1. The van der Waals surface area contributed by atoms with Crippen molar-refractivity contribution < 1.29 is 9.47 Å². The van der Waals surface area contributed by atoms with Crippen LogP contribution in [0.3, 0.4) is 0 Å². The molecule has 0 saturated carbocycles. The van der Waals surface area contributed by atoms with Crippen molar-refractivity contribution in [3.8, 4) is 5.75 Å². The van der Waals surface area contributed by atoms with Gasteiger partial charge in [-0.1, -0.05) is 19.1 Å². The molecule has 1 N–H and O–H groups in total. The number of hydrogen-bond donors (Lipinski definition) is 1. The first kappa shape index (κ1) is 16.3. The summed E-state index contributed by atoms with van der Waals surface area (Å²) in [6.45, 7) is 6.45. The summed E-state index contributed by atoms with van der Waals surface area (Å²) in [7, 11) is 1.71. The predicted molar refractivity (Wildman–Crippen MR) is 86.9 cm³/mol. The highest BCUT2D eigenvalue weighted by atomic mass is 16.5. The maximum Gasteiger partial charge on any atom is 0.118 e. The fourth-order valence-electron chi connectivity index (χ4n) is 3.19. The number of methoxy groups -OCH3 is 1. The van der Waals surface area contributed by atoms with Crippen molar-refractivity contribution in [1.82, 2.24) is 5.32 Å². The average molecular weight is 291 g/mol. The van der Waals surface area contributed by atoms with Crippen LogP contribution in [-0.4, -0.2) is 32.4 Å². The van der Waals surface area contributed by atoms with Gasteiger partial charge in [-0.25, -0.2) is 0 Å². The monoisotopic (exact) mass is 291 g/mol. The zero-order valence-electron chi connectivity index (χ0n) is 13.6.